The van der Waals surface area contributed by atoms with Crippen molar-refractivity contribution in [3.8, 4) is 5.75 Å². The maximum absolute atomic E-state index is 14.3. The average Bonchev–Trinajstić information content (AvgIpc) is 3.50. The molecule has 2 aliphatic carbocycles. The largest absolute Gasteiger partial charge is 0.497 e. The molecule has 1 fully saturated rings. The lowest BCUT2D eigenvalue weighted by Crippen LogP contribution is -2.37. The summed E-state index contributed by atoms with van der Waals surface area (Å²) in [5, 5.41) is 0. The minimum Gasteiger partial charge on any atom is -0.497 e. The van der Waals surface area contributed by atoms with Crippen molar-refractivity contribution >= 4 is 17.2 Å². The SMILES string of the molecule is COc1ccc(N2C(=O)C3(CCCC3)C3=C2C(c2ccc(C)cc2)c2cc(C)ccc23)cc1. The van der Waals surface area contributed by atoms with Crippen molar-refractivity contribution < 1.29 is 9.53 Å². The maximum atomic E-state index is 14.3. The van der Waals surface area contributed by atoms with Crippen LogP contribution in [0, 0.1) is 19.3 Å². The van der Waals surface area contributed by atoms with Crippen molar-refractivity contribution in [2.45, 2.75) is 45.4 Å². The molecule has 3 aromatic carbocycles. The van der Waals surface area contributed by atoms with Gasteiger partial charge in [-0.15, -0.1) is 0 Å². The van der Waals surface area contributed by atoms with Crippen LogP contribution in [0.4, 0.5) is 5.69 Å². The number of carbonyl (C=O) groups excluding carboxylic acids is 1. The normalized spacial score (nSPS) is 20.5. The number of hydrogen-bond acceptors (Lipinski definition) is 2. The molecule has 1 spiro atoms. The molecule has 6 rings (SSSR count). The van der Waals surface area contributed by atoms with Crippen molar-refractivity contribution in [3.05, 3.63) is 100 Å². The second-order valence-corrected chi connectivity index (χ2v) is 9.82. The predicted octanol–water partition coefficient (Wildman–Crippen LogP) is 6.78. The molecule has 1 atom stereocenters. The highest BCUT2D eigenvalue weighted by atomic mass is 16.5. The third-order valence-corrected chi connectivity index (χ3v) is 7.85. The van der Waals surface area contributed by atoms with Crippen LogP contribution in [-0.2, 0) is 4.79 Å². The number of rotatable bonds is 3. The highest BCUT2D eigenvalue weighted by Crippen LogP contribution is 2.63. The summed E-state index contributed by atoms with van der Waals surface area (Å²) in [5.41, 5.74) is 9.33. The lowest BCUT2D eigenvalue weighted by Gasteiger charge is -2.31. The Morgan fingerprint density at radius 2 is 1.55 bits per heavy atom. The molecule has 0 aromatic heterocycles. The van der Waals surface area contributed by atoms with Crippen molar-refractivity contribution in [3.63, 3.8) is 0 Å². The van der Waals surface area contributed by atoms with Gasteiger partial charge in [-0.05, 0) is 73.2 Å². The van der Waals surface area contributed by atoms with Gasteiger partial charge in [0.15, 0.2) is 0 Å². The van der Waals surface area contributed by atoms with Crippen LogP contribution in [0.2, 0.25) is 0 Å². The van der Waals surface area contributed by atoms with E-state index in [1.165, 1.54) is 33.4 Å². The Morgan fingerprint density at radius 3 is 2.21 bits per heavy atom. The molecule has 1 amide bonds. The Balaban J connectivity index is 1.62. The number of aryl methyl sites for hydroxylation is 2. The molecule has 0 bridgehead atoms. The zero-order valence-corrected chi connectivity index (χ0v) is 19.5. The molecule has 0 saturated heterocycles. The Morgan fingerprint density at radius 1 is 0.879 bits per heavy atom. The zero-order valence-electron chi connectivity index (χ0n) is 19.5. The van der Waals surface area contributed by atoms with Gasteiger partial charge in [0.05, 0.1) is 18.4 Å². The van der Waals surface area contributed by atoms with E-state index in [1.54, 1.807) is 7.11 Å². The van der Waals surface area contributed by atoms with Gasteiger partial charge in [-0.2, -0.15) is 0 Å². The summed E-state index contributed by atoms with van der Waals surface area (Å²) < 4.78 is 5.39. The zero-order chi connectivity index (χ0) is 22.7. The van der Waals surface area contributed by atoms with E-state index < -0.39 is 5.41 Å². The Bertz CT molecular complexity index is 1280. The van der Waals surface area contributed by atoms with Crippen LogP contribution in [0.25, 0.3) is 5.57 Å². The third-order valence-electron chi connectivity index (χ3n) is 7.85. The number of nitrogens with zero attached hydrogens (tertiary/aromatic N) is 1. The number of anilines is 1. The van der Waals surface area contributed by atoms with Crippen LogP contribution in [0.15, 0.2) is 72.4 Å². The van der Waals surface area contributed by atoms with Crippen LogP contribution in [-0.4, -0.2) is 13.0 Å². The number of benzene rings is 3. The second-order valence-electron chi connectivity index (χ2n) is 9.82. The maximum Gasteiger partial charge on any atom is 0.242 e. The van der Waals surface area contributed by atoms with Crippen molar-refractivity contribution in [1.82, 2.24) is 0 Å². The summed E-state index contributed by atoms with van der Waals surface area (Å²) in [6.07, 6.45) is 4.08. The number of carbonyl (C=O) groups is 1. The van der Waals surface area contributed by atoms with Gasteiger partial charge < -0.3 is 4.74 Å². The fourth-order valence-electron chi connectivity index (χ4n) is 6.28. The fraction of sp³-hybridized carbons (Fsp3) is 0.300. The van der Waals surface area contributed by atoms with Gasteiger partial charge in [0.2, 0.25) is 5.91 Å². The minimum atomic E-state index is -0.404. The van der Waals surface area contributed by atoms with Gasteiger partial charge >= 0.3 is 0 Å². The molecular weight excluding hydrogens is 406 g/mol. The van der Waals surface area contributed by atoms with Crippen LogP contribution in [0.1, 0.15) is 59.4 Å². The quantitative estimate of drug-likeness (QED) is 0.454. The molecule has 1 unspecified atom stereocenters. The average molecular weight is 436 g/mol. The molecule has 166 valence electrons. The van der Waals surface area contributed by atoms with E-state index in [2.05, 4.69) is 56.3 Å². The topological polar surface area (TPSA) is 29.5 Å². The van der Waals surface area contributed by atoms with Crippen LogP contribution in [0.5, 0.6) is 5.75 Å². The highest BCUT2D eigenvalue weighted by Gasteiger charge is 2.58. The van der Waals surface area contributed by atoms with Crippen molar-refractivity contribution in [2.75, 3.05) is 12.0 Å². The predicted molar refractivity (Wildman–Crippen MR) is 133 cm³/mol. The first-order chi connectivity index (χ1) is 16.0. The number of amides is 1. The number of methoxy groups -OCH3 is 1. The Hall–Kier alpha value is -3.33. The Kier molecular flexibility index (Phi) is 4.52. The van der Waals surface area contributed by atoms with Gasteiger partial charge in [0.25, 0.3) is 0 Å². The molecule has 0 N–H and O–H groups in total. The number of ether oxygens (including phenoxy) is 1. The molecule has 1 heterocycles. The van der Waals surface area contributed by atoms with Gasteiger partial charge in [-0.3, -0.25) is 9.69 Å². The third kappa shape index (κ3) is 2.84. The summed E-state index contributed by atoms with van der Waals surface area (Å²) in [5.74, 6) is 1.11. The molecule has 3 aliphatic rings. The van der Waals surface area contributed by atoms with Gasteiger partial charge in [0.1, 0.15) is 5.75 Å². The van der Waals surface area contributed by atoms with Crippen molar-refractivity contribution in [2.24, 2.45) is 5.41 Å². The number of hydrogen-bond donors (Lipinski definition) is 0. The molecule has 0 radical (unpaired) electrons. The lowest BCUT2D eigenvalue weighted by molar-refractivity contribution is -0.123. The number of allylic oxidation sites excluding steroid dienone is 1. The van der Waals surface area contributed by atoms with E-state index in [4.69, 9.17) is 4.74 Å². The summed E-state index contributed by atoms with van der Waals surface area (Å²) in [4.78, 5) is 16.3. The Labute approximate surface area is 195 Å². The fourth-order valence-corrected chi connectivity index (χ4v) is 6.28. The monoisotopic (exact) mass is 435 g/mol. The van der Waals surface area contributed by atoms with E-state index >= 15 is 0 Å². The van der Waals surface area contributed by atoms with Crippen molar-refractivity contribution in [1.29, 1.82) is 0 Å². The van der Waals surface area contributed by atoms with E-state index in [9.17, 15) is 4.79 Å². The standard InChI is InChI=1S/C30H29NO2/c1-19-6-9-21(10-7-19)26-25-18-20(2)8-15-24(25)27-28(26)31(22-11-13-23(33-3)14-12-22)29(32)30(27)16-4-5-17-30/h6-15,18,26H,4-5,16-17H2,1-3H3. The van der Waals surface area contributed by atoms with Crippen LogP contribution < -0.4 is 9.64 Å². The molecule has 3 nitrogen and oxygen atoms in total. The van der Waals surface area contributed by atoms with E-state index in [0.717, 1.165) is 42.8 Å². The number of fused-ring (bicyclic) bond motifs is 3. The highest BCUT2D eigenvalue weighted by molar-refractivity contribution is 6.17. The lowest BCUT2D eigenvalue weighted by atomic mass is 9.76. The van der Waals surface area contributed by atoms with Crippen LogP contribution >= 0.6 is 0 Å². The van der Waals surface area contributed by atoms with E-state index in [1.807, 2.05) is 29.2 Å². The van der Waals surface area contributed by atoms with Gasteiger partial charge in [-0.25, -0.2) is 0 Å². The summed E-state index contributed by atoms with van der Waals surface area (Å²) in [6.45, 7) is 4.28. The smallest absolute Gasteiger partial charge is 0.242 e. The summed E-state index contributed by atoms with van der Waals surface area (Å²) >= 11 is 0. The minimum absolute atomic E-state index is 0.0570. The molecule has 1 saturated carbocycles. The molecule has 3 aromatic rings. The van der Waals surface area contributed by atoms with Gasteiger partial charge in [0, 0.05) is 11.4 Å². The van der Waals surface area contributed by atoms with Gasteiger partial charge in [-0.1, -0.05) is 66.4 Å². The summed E-state index contributed by atoms with van der Waals surface area (Å²) in [6, 6.07) is 23.6. The first-order valence-corrected chi connectivity index (χ1v) is 11.9. The van der Waals surface area contributed by atoms with E-state index in [-0.39, 0.29) is 11.8 Å². The van der Waals surface area contributed by atoms with E-state index in [0.29, 0.717) is 0 Å². The molecule has 1 aliphatic heterocycles. The summed E-state index contributed by atoms with van der Waals surface area (Å²) in [7, 11) is 1.67. The van der Waals surface area contributed by atoms with Crippen LogP contribution in [0.3, 0.4) is 0 Å². The molecule has 33 heavy (non-hydrogen) atoms. The molecule has 3 heteroatoms. The first kappa shape index (κ1) is 20.3. The second kappa shape index (κ2) is 7.34. The molecular formula is C30H29NO2. The first-order valence-electron chi connectivity index (χ1n) is 11.9.